The van der Waals surface area contributed by atoms with Crippen LogP contribution in [-0.2, 0) is 20.7 Å². The molecule has 0 aromatic heterocycles. The summed E-state index contributed by atoms with van der Waals surface area (Å²) >= 11 is 0. The minimum Gasteiger partial charge on any atom is -0.535 e. The molecule has 118 valence electrons. The number of fused-ring (bicyclic) bond motifs is 1. The zero-order chi connectivity index (χ0) is 16.3. The molecule has 22 heavy (non-hydrogen) atoms. The maximum absolute atomic E-state index is 12.1. The molecular weight excluding hydrogens is 287 g/mol. The number of rotatable bonds is 3. The number of ether oxygens (including phenoxy) is 2. The number of para-hydroxylation sites is 1. The lowest BCUT2D eigenvalue weighted by atomic mass is 9.78. The maximum Gasteiger partial charge on any atom is 0.522 e. The molecule has 1 aliphatic heterocycles. The van der Waals surface area contributed by atoms with E-state index in [9.17, 15) is 14.6 Å². The summed E-state index contributed by atoms with van der Waals surface area (Å²) in [5.41, 5.74) is 0.389. The number of esters is 2. The van der Waals surface area contributed by atoms with Crippen molar-refractivity contribution in [3.05, 3.63) is 29.3 Å². The van der Waals surface area contributed by atoms with Crippen molar-refractivity contribution in [3.8, 4) is 5.75 Å². The summed E-state index contributed by atoms with van der Waals surface area (Å²) in [5, 5.41) is 9.56. The van der Waals surface area contributed by atoms with Crippen LogP contribution in [0.4, 0.5) is 0 Å². The van der Waals surface area contributed by atoms with E-state index in [0.29, 0.717) is 18.5 Å². The van der Waals surface area contributed by atoms with Crippen molar-refractivity contribution in [2.45, 2.75) is 33.5 Å². The van der Waals surface area contributed by atoms with E-state index in [1.165, 1.54) is 0 Å². The molecule has 6 nitrogen and oxygen atoms in total. The van der Waals surface area contributed by atoms with Gasteiger partial charge in [0.05, 0.1) is 5.41 Å². The van der Waals surface area contributed by atoms with Crippen LogP contribution in [0.3, 0.4) is 0 Å². The number of carbonyl (C=O) groups is 2. The molecular formula is C15H19BO6. The molecule has 1 aliphatic rings. The fraction of sp³-hybridized carbons (Fsp3) is 0.467. The summed E-state index contributed by atoms with van der Waals surface area (Å²) in [6.45, 7) is 4.67. The lowest BCUT2D eigenvalue weighted by Crippen LogP contribution is -2.28. The van der Waals surface area contributed by atoms with E-state index >= 15 is 0 Å². The van der Waals surface area contributed by atoms with E-state index in [4.69, 9.17) is 14.1 Å². The molecule has 1 aromatic rings. The van der Waals surface area contributed by atoms with Crippen LogP contribution in [0.25, 0.3) is 0 Å². The number of aryl methyl sites for hydroxylation is 1. The smallest absolute Gasteiger partial charge is 0.522 e. The number of hydrogen-bond acceptors (Lipinski definition) is 6. The van der Waals surface area contributed by atoms with Crippen molar-refractivity contribution >= 4 is 19.1 Å². The SMILES string of the molecule is CC(C)(C)C(=O)OCOC(=O)c1cccc2c1OB(O)CC2. The summed E-state index contributed by atoms with van der Waals surface area (Å²) in [5.74, 6) is -0.789. The molecule has 0 atom stereocenters. The van der Waals surface area contributed by atoms with Gasteiger partial charge >= 0.3 is 19.1 Å². The lowest BCUT2D eigenvalue weighted by molar-refractivity contribution is -0.161. The predicted octanol–water partition coefficient (Wildman–Crippen LogP) is 1.81. The average molecular weight is 306 g/mol. The second-order valence-electron chi connectivity index (χ2n) is 6.14. The number of hydrogen-bond donors (Lipinski definition) is 1. The Morgan fingerprint density at radius 2 is 2.05 bits per heavy atom. The van der Waals surface area contributed by atoms with Gasteiger partial charge in [0.1, 0.15) is 11.3 Å². The Morgan fingerprint density at radius 1 is 1.32 bits per heavy atom. The zero-order valence-electron chi connectivity index (χ0n) is 12.9. The molecule has 0 radical (unpaired) electrons. The van der Waals surface area contributed by atoms with Gasteiger partial charge in [0.15, 0.2) is 0 Å². The molecule has 7 heteroatoms. The van der Waals surface area contributed by atoms with Crippen LogP contribution < -0.4 is 4.65 Å². The molecule has 0 aliphatic carbocycles. The fourth-order valence-corrected chi connectivity index (χ4v) is 1.99. The van der Waals surface area contributed by atoms with Crippen LogP contribution in [0.2, 0.25) is 6.32 Å². The Balaban J connectivity index is 2.01. The molecule has 0 spiro atoms. The van der Waals surface area contributed by atoms with Gasteiger partial charge in [0.2, 0.25) is 6.79 Å². The van der Waals surface area contributed by atoms with E-state index in [0.717, 1.165) is 5.56 Å². The van der Waals surface area contributed by atoms with Gasteiger partial charge < -0.3 is 19.2 Å². The third-order valence-electron chi connectivity index (χ3n) is 3.22. The normalized spacial score (nSPS) is 13.9. The predicted molar refractivity (Wildman–Crippen MR) is 79.4 cm³/mol. The van der Waals surface area contributed by atoms with Gasteiger partial charge in [-0.25, -0.2) is 4.79 Å². The third kappa shape index (κ3) is 3.79. The monoisotopic (exact) mass is 306 g/mol. The van der Waals surface area contributed by atoms with Crippen LogP contribution in [0.1, 0.15) is 36.7 Å². The summed E-state index contributed by atoms with van der Waals surface area (Å²) in [6, 6.07) is 5.10. The van der Waals surface area contributed by atoms with Gasteiger partial charge in [-0.15, -0.1) is 0 Å². The molecule has 0 amide bonds. The van der Waals surface area contributed by atoms with Gasteiger partial charge in [-0.1, -0.05) is 12.1 Å². The molecule has 0 saturated carbocycles. The van der Waals surface area contributed by atoms with E-state index in [1.807, 2.05) is 6.07 Å². The topological polar surface area (TPSA) is 82.1 Å². The molecule has 1 N–H and O–H groups in total. The molecule has 2 rings (SSSR count). The molecule has 0 saturated heterocycles. The Hall–Kier alpha value is -2.02. The van der Waals surface area contributed by atoms with Crippen molar-refractivity contribution in [3.63, 3.8) is 0 Å². The first kappa shape index (κ1) is 16.4. The van der Waals surface area contributed by atoms with Gasteiger partial charge in [0, 0.05) is 0 Å². The van der Waals surface area contributed by atoms with Gasteiger partial charge in [-0.2, -0.15) is 0 Å². The Kier molecular flexibility index (Phi) is 4.76. The minimum absolute atomic E-state index is 0.211. The molecule has 0 fully saturated rings. The highest BCUT2D eigenvalue weighted by atomic mass is 16.7. The van der Waals surface area contributed by atoms with Crippen molar-refractivity contribution in [1.29, 1.82) is 0 Å². The third-order valence-corrected chi connectivity index (χ3v) is 3.22. The zero-order valence-corrected chi connectivity index (χ0v) is 12.9. The first-order chi connectivity index (χ1) is 10.3. The van der Waals surface area contributed by atoms with Crippen molar-refractivity contribution < 1.29 is 28.7 Å². The second kappa shape index (κ2) is 6.40. The van der Waals surface area contributed by atoms with E-state index < -0.39 is 31.3 Å². The van der Waals surface area contributed by atoms with Crippen molar-refractivity contribution in [2.24, 2.45) is 5.41 Å². The van der Waals surface area contributed by atoms with E-state index in [2.05, 4.69) is 0 Å². The molecule has 1 aromatic carbocycles. The van der Waals surface area contributed by atoms with Crippen LogP contribution in [-0.4, -0.2) is 30.9 Å². The summed E-state index contributed by atoms with van der Waals surface area (Å²) in [6.07, 6.45) is 1.10. The largest absolute Gasteiger partial charge is 0.535 e. The first-order valence-electron chi connectivity index (χ1n) is 7.10. The molecule has 0 bridgehead atoms. The fourth-order valence-electron chi connectivity index (χ4n) is 1.99. The highest BCUT2D eigenvalue weighted by Crippen LogP contribution is 2.30. The van der Waals surface area contributed by atoms with Gasteiger partial charge in [-0.05, 0) is 45.1 Å². The summed E-state index contributed by atoms with van der Waals surface area (Å²) in [7, 11) is -0.930. The van der Waals surface area contributed by atoms with Gasteiger partial charge in [-0.3, -0.25) is 4.79 Å². The Bertz CT molecular complexity index is 578. The van der Waals surface area contributed by atoms with Gasteiger partial charge in [0.25, 0.3) is 0 Å². The molecule has 1 heterocycles. The number of benzene rings is 1. The van der Waals surface area contributed by atoms with E-state index in [-0.39, 0.29) is 5.56 Å². The molecule has 0 unspecified atom stereocenters. The minimum atomic E-state index is -0.930. The highest BCUT2D eigenvalue weighted by Gasteiger charge is 2.28. The van der Waals surface area contributed by atoms with Crippen molar-refractivity contribution in [1.82, 2.24) is 0 Å². The van der Waals surface area contributed by atoms with Crippen LogP contribution in [0.15, 0.2) is 18.2 Å². The summed E-state index contributed by atoms with van der Waals surface area (Å²) in [4.78, 5) is 23.7. The second-order valence-corrected chi connectivity index (χ2v) is 6.14. The van der Waals surface area contributed by atoms with Crippen LogP contribution >= 0.6 is 0 Å². The Labute approximate surface area is 129 Å². The van der Waals surface area contributed by atoms with Crippen LogP contribution in [0.5, 0.6) is 5.75 Å². The van der Waals surface area contributed by atoms with Crippen molar-refractivity contribution in [2.75, 3.05) is 6.79 Å². The Morgan fingerprint density at radius 3 is 2.73 bits per heavy atom. The first-order valence-corrected chi connectivity index (χ1v) is 7.10. The maximum atomic E-state index is 12.1. The lowest BCUT2D eigenvalue weighted by Gasteiger charge is -2.22. The standard InChI is InChI=1S/C15H19BO6/c1-15(2,3)14(18)21-9-20-13(17)11-6-4-5-10-7-8-16(19)22-12(10)11/h4-6,19H,7-9H2,1-3H3. The highest BCUT2D eigenvalue weighted by molar-refractivity contribution is 6.44. The average Bonchev–Trinajstić information content (AvgIpc) is 2.45. The van der Waals surface area contributed by atoms with Crippen LogP contribution in [0, 0.1) is 5.41 Å². The van der Waals surface area contributed by atoms with E-state index in [1.54, 1.807) is 32.9 Å². The quantitative estimate of drug-likeness (QED) is 0.521. The number of carbonyl (C=O) groups excluding carboxylic acids is 2. The summed E-state index contributed by atoms with van der Waals surface area (Å²) < 4.78 is 15.2.